The maximum absolute atomic E-state index is 11.8. The Kier molecular flexibility index (Phi) is 7.88. The van der Waals surface area contributed by atoms with E-state index in [0.717, 1.165) is 4.90 Å². The minimum Gasteiger partial charge on any atom is -0.456 e. The van der Waals surface area contributed by atoms with Crippen molar-refractivity contribution in [1.29, 1.82) is 0 Å². The van der Waals surface area contributed by atoms with Crippen LogP contribution in [0.25, 0.3) is 0 Å². The van der Waals surface area contributed by atoms with Gasteiger partial charge in [-0.15, -0.1) is 11.8 Å². The summed E-state index contributed by atoms with van der Waals surface area (Å²) >= 11 is 1.57. The van der Waals surface area contributed by atoms with E-state index in [1.165, 1.54) is 5.56 Å². The summed E-state index contributed by atoms with van der Waals surface area (Å²) in [7, 11) is 1.55. The minimum absolute atomic E-state index is 0.203. The molecule has 142 valence electrons. The molecule has 6 nitrogen and oxygen atoms in total. The molecule has 0 unspecified atom stereocenters. The number of amides is 2. The van der Waals surface area contributed by atoms with Crippen molar-refractivity contribution in [2.24, 2.45) is 0 Å². The number of thioether (sulfide) groups is 1. The number of carbonyl (C=O) groups is 3. The predicted molar refractivity (Wildman–Crippen MR) is 106 cm³/mol. The number of anilines is 1. The van der Waals surface area contributed by atoms with Crippen molar-refractivity contribution in [1.82, 2.24) is 5.32 Å². The molecule has 0 aromatic heterocycles. The SMILES string of the molecule is CNC(=O)c1ccc(NC(=O)COC(=O)CCSc2ccc(C)cc2)cc1. The summed E-state index contributed by atoms with van der Waals surface area (Å²) in [5.74, 6) is -0.461. The molecule has 0 fully saturated rings. The molecule has 7 heteroatoms. The van der Waals surface area contributed by atoms with E-state index in [0.29, 0.717) is 17.0 Å². The smallest absolute Gasteiger partial charge is 0.307 e. The molecule has 2 amide bonds. The van der Waals surface area contributed by atoms with E-state index in [9.17, 15) is 14.4 Å². The number of rotatable bonds is 8. The van der Waals surface area contributed by atoms with Gasteiger partial charge in [0.05, 0.1) is 6.42 Å². The van der Waals surface area contributed by atoms with Crippen molar-refractivity contribution in [2.45, 2.75) is 18.2 Å². The minimum atomic E-state index is -0.428. The maximum atomic E-state index is 11.8. The summed E-state index contributed by atoms with van der Waals surface area (Å²) in [6.45, 7) is 1.68. The first-order valence-electron chi connectivity index (χ1n) is 8.45. The Morgan fingerprint density at radius 1 is 1.00 bits per heavy atom. The van der Waals surface area contributed by atoms with Crippen LogP contribution in [0.4, 0.5) is 5.69 Å². The molecule has 0 heterocycles. The van der Waals surface area contributed by atoms with Crippen molar-refractivity contribution in [3.8, 4) is 0 Å². The van der Waals surface area contributed by atoms with Gasteiger partial charge >= 0.3 is 5.97 Å². The second-order valence-electron chi connectivity index (χ2n) is 5.78. The molecule has 0 aliphatic rings. The molecular formula is C20H22N2O4S. The lowest BCUT2D eigenvalue weighted by Crippen LogP contribution is -2.21. The Bertz CT molecular complexity index is 789. The number of hydrogen-bond acceptors (Lipinski definition) is 5. The topological polar surface area (TPSA) is 84.5 Å². The highest BCUT2D eigenvalue weighted by Gasteiger charge is 2.09. The molecule has 2 aromatic rings. The molecule has 0 saturated heterocycles. The van der Waals surface area contributed by atoms with Crippen molar-refractivity contribution in [3.05, 3.63) is 59.7 Å². The van der Waals surface area contributed by atoms with E-state index < -0.39 is 11.9 Å². The first-order valence-corrected chi connectivity index (χ1v) is 9.43. The van der Waals surface area contributed by atoms with Gasteiger partial charge in [0.1, 0.15) is 0 Å². The zero-order valence-electron chi connectivity index (χ0n) is 15.3. The van der Waals surface area contributed by atoms with Gasteiger partial charge in [0.2, 0.25) is 0 Å². The van der Waals surface area contributed by atoms with Crippen LogP contribution in [0, 0.1) is 6.92 Å². The van der Waals surface area contributed by atoms with Crippen LogP contribution in [0.1, 0.15) is 22.3 Å². The average Bonchev–Trinajstić information content (AvgIpc) is 2.68. The highest BCUT2D eigenvalue weighted by Crippen LogP contribution is 2.19. The van der Waals surface area contributed by atoms with Crippen LogP contribution < -0.4 is 10.6 Å². The first-order chi connectivity index (χ1) is 13.0. The molecule has 2 rings (SSSR count). The van der Waals surface area contributed by atoms with E-state index in [-0.39, 0.29) is 18.9 Å². The third-order valence-electron chi connectivity index (χ3n) is 3.62. The van der Waals surface area contributed by atoms with Crippen LogP contribution in [0.5, 0.6) is 0 Å². The van der Waals surface area contributed by atoms with Crippen molar-refractivity contribution < 1.29 is 19.1 Å². The molecule has 2 aromatic carbocycles. The summed E-state index contributed by atoms with van der Waals surface area (Å²) in [6.07, 6.45) is 0.229. The van der Waals surface area contributed by atoms with Gasteiger partial charge in [-0.3, -0.25) is 14.4 Å². The number of aryl methyl sites for hydroxylation is 1. The fraction of sp³-hybridized carbons (Fsp3) is 0.250. The van der Waals surface area contributed by atoms with Gasteiger partial charge in [-0.05, 0) is 43.3 Å². The zero-order valence-corrected chi connectivity index (χ0v) is 16.1. The Balaban J connectivity index is 1.67. The van der Waals surface area contributed by atoms with Gasteiger partial charge in [0.25, 0.3) is 11.8 Å². The summed E-state index contributed by atoms with van der Waals surface area (Å²) < 4.78 is 4.98. The van der Waals surface area contributed by atoms with E-state index >= 15 is 0 Å². The fourth-order valence-corrected chi connectivity index (χ4v) is 2.98. The number of carbonyl (C=O) groups excluding carboxylic acids is 3. The molecule has 0 radical (unpaired) electrons. The standard InChI is InChI=1S/C20H22N2O4S/c1-14-3-9-17(10-4-14)27-12-11-19(24)26-13-18(23)22-16-7-5-15(6-8-16)20(25)21-2/h3-10H,11-13H2,1-2H3,(H,21,25)(H,22,23). The molecular weight excluding hydrogens is 364 g/mol. The van der Waals surface area contributed by atoms with Gasteiger partial charge in [0, 0.05) is 28.9 Å². The highest BCUT2D eigenvalue weighted by molar-refractivity contribution is 7.99. The summed E-state index contributed by atoms with van der Waals surface area (Å²) in [4.78, 5) is 36.1. The number of nitrogens with one attached hydrogen (secondary N) is 2. The van der Waals surface area contributed by atoms with Gasteiger partial charge in [-0.25, -0.2) is 0 Å². The number of benzene rings is 2. The third-order valence-corrected chi connectivity index (χ3v) is 4.63. The normalized spacial score (nSPS) is 10.1. The molecule has 27 heavy (non-hydrogen) atoms. The lowest BCUT2D eigenvalue weighted by atomic mass is 10.2. The van der Waals surface area contributed by atoms with E-state index in [1.807, 2.05) is 31.2 Å². The monoisotopic (exact) mass is 386 g/mol. The van der Waals surface area contributed by atoms with Crippen LogP contribution in [0.2, 0.25) is 0 Å². The second kappa shape index (κ2) is 10.4. The Morgan fingerprint density at radius 3 is 2.30 bits per heavy atom. The molecule has 0 aliphatic heterocycles. The van der Waals surface area contributed by atoms with Crippen LogP contribution in [-0.2, 0) is 14.3 Å². The predicted octanol–water partition coefficient (Wildman–Crippen LogP) is 3.02. The molecule has 2 N–H and O–H groups in total. The van der Waals surface area contributed by atoms with E-state index in [1.54, 1.807) is 43.1 Å². The van der Waals surface area contributed by atoms with Crippen molar-refractivity contribution >= 4 is 35.2 Å². The average molecular weight is 386 g/mol. The van der Waals surface area contributed by atoms with Gasteiger partial charge in [-0.1, -0.05) is 17.7 Å². The Hall–Kier alpha value is -2.80. The van der Waals surface area contributed by atoms with Crippen LogP contribution in [-0.4, -0.2) is 37.2 Å². The molecule has 0 spiro atoms. The van der Waals surface area contributed by atoms with Gasteiger partial charge in [-0.2, -0.15) is 0 Å². The Labute approximate surface area is 162 Å². The highest BCUT2D eigenvalue weighted by atomic mass is 32.2. The maximum Gasteiger partial charge on any atom is 0.307 e. The van der Waals surface area contributed by atoms with Crippen LogP contribution in [0.3, 0.4) is 0 Å². The fourth-order valence-electron chi connectivity index (χ4n) is 2.15. The first kappa shape index (κ1) is 20.5. The zero-order chi connectivity index (χ0) is 19.6. The van der Waals surface area contributed by atoms with Gasteiger partial charge in [0.15, 0.2) is 6.61 Å². The van der Waals surface area contributed by atoms with Gasteiger partial charge < -0.3 is 15.4 Å². The quantitative estimate of drug-likeness (QED) is 0.538. The molecule has 0 aliphatic carbocycles. The third kappa shape index (κ3) is 7.15. The summed E-state index contributed by atoms with van der Waals surface area (Å²) in [5.41, 5.74) is 2.21. The summed E-state index contributed by atoms with van der Waals surface area (Å²) in [5, 5.41) is 5.13. The lowest BCUT2D eigenvalue weighted by Gasteiger charge is -2.07. The molecule has 0 bridgehead atoms. The number of hydrogen-bond donors (Lipinski definition) is 2. The van der Waals surface area contributed by atoms with Crippen LogP contribution in [0.15, 0.2) is 53.4 Å². The molecule has 0 saturated carbocycles. The van der Waals surface area contributed by atoms with E-state index in [4.69, 9.17) is 4.74 Å². The Morgan fingerprint density at radius 2 is 1.67 bits per heavy atom. The largest absolute Gasteiger partial charge is 0.456 e. The summed E-state index contributed by atoms with van der Waals surface area (Å²) in [6, 6.07) is 14.5. The van der Waals surface area contributed by atoms with Crippen molar-refractivity contribution in [2.75, 3.05) is 24.7 Å². The second-order valence-corrected chi connectivity index (χ2v) is 6.95. The van der Waals surface area contributed by atoms with Crippen molar-refractivity contribution in [3.63, 3.8) is 0 Å². The van der Waals surface area contributed by atoms with E-state index in [2.05, 4.69) is 10.6 Å². The number of esters is 1. The van der Waals surface area contributed by atoms with Crippen LogP contribution >= 0.6 is 11.8 Å². The lowest BCUT2D eigenvalue weighted by molar-refractivity contribution is -0.146. The number of ether oxygens (including phenoxy) is 1. The molecule has 0 atom stereocenters.